The van der Waals surface area contributed by atoms with Crippen LogP contribution >= 0.6 is 11.6 Å². The van der Waals surface area contributed by atoms with Crippen LogP contribution < -0.4 is 4.74 Å². The lowest BCUT2D eigenvalue weighted by Gasteiger charge is -2.31. The van der Waals surface area contributed by atoms with Crippen LogP contribution in [0.1, 0.15) is 20.8 Å². The van der Waals surface area contributed by atoms with E-state index in [1.165, 1.54) is 0 Å². The van der Waals surface area contributed by atoms with E-state index in [0.29, 0.717) is 6.92 Å². The number of carbonyl (C=O) groups is 1. The van der Waals surface area contributed by atoms with E-state index in [-0.39, 0.29) is 16.9 Å². The normalized spacial score (nSPS) is 15.9. The number of carboxylic acid groups (broad SMARTS) is 1. The zero-order valence-corrected chi connectivity index (χ0v) is 14.8. The molecule has 2 atom stereocenters. The summed E-state index contributed by atoms with van der Waals surface area (Å²) in [5, 5.41) is 24.9. The van der Waals surface area contributed by atoms with Crippen LogP contribution in [-0.4, -0.2) is 40.6 Å². The zero-order chi connectivity index (χ0) is 20.3. The molecule has 0 saturated heterocycles. The number of aliphatic hydroxyl groups is 1. The second-order valence-corrected chi connectivity index (χ2v) is 6.19. The molecule has 1 aromatic rings. The van der Waals surface area contributed by atoms with Crippen molar-refractivity contribution >= 4 is 23.3 Å². The van der Waals surface area contributed by atoms with Gasteiger partial charge in [-0.25, -0.2) is 4.39 Å². The van der Waals surface area contributed by atoms with E-state index in [1.54, 1.807) is 13.8 Å². The third-order valence-electron chi connectivity index (χ3n) is 3.43. The van der Waals surface area contributed by atoms with Crippen molar-refractivity contribution in [3.05, 3.63) is 23.0 Å². The van der Waals surface area contributed by atoms with Crippen molar-refractivity contribution in [2.24, 2.45) is 16.1 Å². The van der Waals surface area contributed by atoms with Crippen LogP contribution in [0.2, 0.25) is 5.02 Å². The predicted molar refractivity (Wildman–Crippen MR) is 84.4 cm³/mol. The number of benzene rings is 1. The Hall–Kier alpha value is -1.94. The quantitative estimate of drug-likeness (QED) is 0.525. The SMILES string of the molecule is CC(C)Oc1cc(N=NCC(O)(C(C)C(=O)O)C(F)(F)F)c(F)cc1Cl. The van der Waals surface area contributed by atoms with Gasteiger partial charge in [-0.15, -0.1) is 0 Å². The first-order valence-electron chi connectivity index (χ1n) is 7.34. The maximum absolute atomic E-state index is 13.8. The van der Waals surface area contributed by atoms with Crippen LogP contribution in [0, 0.1) is 11.7 Å². The molecular formula is C15H17ClF4N2O4. The molecule has 146 valence electrons. The molecule has 1 rings (SSSR count). The maximum atomic E-state index is 13.8. The third-order valence-corrected chi connectivity index (χ3v) is 3.73. The number of rotatable bonds is 7. The molecule has 0 fully saturated rings. The molecule has 0 heterocycles. The van der Waals surface area contributed by atoms with Crippen molar-refractivity contribution in [1.29, 1.82) is 0 Å². The number of carboxylic acids is 1. The van der Waals surface area contributed by atoms with Gasteiger partial charge in [-0.2, -0.15) is 23.4 Å². The van der Waals surface area contributed by atoms with E-state index < -0.39 is 41.7 Å². The van der Waals surface area contributed by atoms with Gasteiger partial charge in [-0.1, -0.05) is 11.6 Å². The molecule has 0 aliphatic rings. The molecule has 0 aromatic heterocycles. The number of ether oxygens (including phenoxy) is 1. The molecule has 26 heavy (non-hydrogen) atoms. The Balaban J connectivity index is 3.14. The number of hydrogen-bond acceptors (Lipinski definition) is 5. The molecule has 11 heteroatoms. The fourth-order valence-electron chi connectivity index (χ4n) is 1.83. The lowest BCUT2D eigenvalue weighted by Crippen LogP contribution is -2.55. The van der Waals surface area contributed by atoms with Gasteiger partial charge in [0, 0.05) is 6.07 Å². The monoisotopic (exact) mass is 400 g/mol. The number of aliphatic carboxylic acids is 1. The first-order valence-corrected chi connectivity index (χ1v) is 7.72. The summed E-state index contributed by atoms with van der Waals surface area (Å²) in [5.74, 6) is -5.01. The minimum atomic E-state index is -5.28. The van der Waals surface area contributed by atoms with E-state index in [2.05, 4.69) is 10.2 Å². The van der Waals surface area contributed by atoms with Crippen LogP contribution in [0.3, 0.4) is 0 Å². The smallest absolute Gasteiger partial charge is 0.419 e. The van der Waals surface area contributed by atoms with Crippen LogP contribution in [0.25, 0.3) is 0 Å². The summed E-state index contributed by atoms with van der Waals surface area (Å²) in [7, 11) is 0. The molecule has 0 radical (unpaired) electrons. The standard InChI is InChI=1S/C15H17ClF4N2O4/c1-7(2)26-12-5-11(10(17)4-9(12)16)22-21-6-14(25,15(18,19)20)8(3)13(23)24/h4-5,7-8,25H,6H2,1-3H3,(H,23,24). The van der Waals surface area contributed by atoms with Gasteiger partial charge in [-0.05, 0) is 26.8 Å². The van der Waals surface area contributed by atoms with Gasteiger partial charge >= 0.3 is 12.1 Å². The predicted octanol–water partition coefficient (Wildman–Crippen LogP) is 4.36. The highest BCUT2D eigenvalue weighted by atomic mass is 35.5. The molecule has 2 N–H and O–H groups in total. The molecular weight excluding hydrogens is 384 g/mol. The van der Waals surface area contributed by atoms with E-state index in [0.717, 1.165) is 12.1 Å². The second-order valence-electron chi connectivity index (χ2n) is 5.78. The van der Waals surface area contributed by atoms with E-state index >= 15 is 0 Å². The van der Waals surface area contributed by atoms with Crippen molar-refractivity contribution in [2.45, 2.75) is 38.7 Å². The van der Waals surface area contributed by atoms with Crippen LogP contribution in [-0.2, 0) is 4.79 Å². The first-order chi connectivity index (χ1) is 11.8. The van der Waals surface area contributed by atoms with Crippen molar-refractivity contribution in [3.63, 3.8) is 0 Å². The average Bonchev–Trinajstić information content (AvgIpc) is 2.48. The molecule has 0 saturated carbocycles. The largest absolute Gasteiger partial charge is 0.489 e. The summed E-state index contributed by atoms with van der Waals surface area (Å²) >= 11 is 5.80. The van der Waals surface area contributed by atoms with Gasteiger partial charge in [0.25, 0.3) is 0 Å². The van der Waals surface area contributed by atoms with Crippen molar-refractivity contribution in [3.8, 4) is 5.75 Å². The topological polar surface area (TPSA) is 91.5 Å². The summed E-state index contributed by atoms with van der Waals surface area (Å²) < 4.78 is 58.3. The van der Waals surface area contributed by atoms with E-state index in [9.17, 15) is 27.5 Å². The molecule has 0 amide bonds. The van der Waals surface area contributed by atoms with Gasteiger partial charge in [0.15, 0.2) is 11.4 Å². The number of azo groups is 1. The average molecular weight is 401 g/mol. The molecule has 0 spiro atoms. The summed E-state index contributed by atoms with van der Waals surface area (Å²) in [5.41, 5.74) is -4.14. The van der Waals surface area contributed by atoms with Gasteiger partial charge in [-0.3, -0.25) is 4.79 Å². The summed E-state index contributed by atoms with van der Waals surface area (Å²) in [6.07, 6.45) is -5.59. The Labute approximate surface area is 151 Å². The highest BCUT2D eigenvalue weighted by Crippen LogP contribution is 2.38. The van der Waals surface area contributed by atoms with Crippen LogP contribution in [0.15, 0.2) is 22.4 Å². The van der Waals surface area contributed by atoms with Crippen molar-refractivity contribution < 1.29 is 37.3 Å². The van der Waals surface area contributed by atoms with Gasteiger partial charge in [0.2, 0.25) is 0 Å². The third kappa shape index (κ3) is 5.04. The number of hydrogen-bond donors (Lipinski definition) is 2. The highest BCUT2D eigenvalue weighted by molar-refractivity contribution is 6.32. The van der Waals surface area contributed by atoms with Gasteiger partial charge in [0.05, 0.1) is 23.6 Å². The molecule has 1 aromatic carbocycles. The Morgan fingerprint density at radius 2 is 1.88 bits per heavy atom. The number of nitrogens with zero attached hydrogens (tertiary/aromatic N) is 2. The van der Waals surface area contributed by atoms with Crippen LogP contribution in [0.4, 0.5) is 23.2 Å². The fraction of sp³-hybridized carbons (Fsp3) is 0.533. The number of halogens is 5. The molecule has 0 aliphatic carbocycles. The fourth-order valence-corrected chi connectivity index (χ4v) is 2.03. The minimum absolute atomic E-state index is 0.0435. The van der Waals surface area contributed by atoms with Crippen LogP contribution in [0.5, 0.6) is 5.75 Å². The molecule has 6 nitrogen and oxygen atoms in total. The lowest BCUT2D eigenvalue weighted by atomic mass is 9.88. The summed E-state index contributed by atoms with van der Waals surface area (Å²) in [4.78, 5) is 10.8. The maximum Gasteiger partial charge on any atom is 0.419 e. The summed E-state index contributed by atoms with van der Waals surface area (Å²) in [6, 6.07) is 1.89. The van der Waals surface area contributed by atoms with E-state index in [1.807, 2.05) is 0 Å². The zero-order valence-electron chi connectivity index (χ0n) is 14.0. The van der Waals surface area contributed by atoms with Crippen molar-refractivity contribution in [2.75, 3.05) is 6.54 Å². The Bertz CT molecular complexity index is 697. The number of alkyl halides is 3. The summed E-state index contributed by atoms with van der Waals surface area (Å²) in [6.45, 7) is 2.62. The minimum Gasteiger partial charge on any atom is -0.489 e. The first kappa shape index (κ1) is 22.1. The Morgan fingerprint density at radius 3 is 2.35 bits per heavy atom. The van der Waals surface area contributed by atoms with Crippen molar-refractivity contribution in [1.82, 2.24) is 0 Å². The van der Waals surface area contributed by atoms with Gasteiger partial charge < -0.3 is 14.9 Å². The lowest BCUT2D eigenvalue weighted by molar-refractivity contribution is -0.272. The molecule has 0 aliphatic heterocycles. The second kappa shape index (κ2) is 8.17. The van der Waals surface area contributed by atoms with E-state index in [4.69, 9.17) is 21.4 Å². The molecule has 2 unspecified atom stereocenters. The highest BCUT2D eigenvalue weighted by Gasteiger charge is 2.59. The molecule has 0 bridgehead atoms. The van der Waals surface area contributed by atoms with Gasteiger partial charge in [0.1, 0.15) is 11.4 Å². The Morgan fingerprint density at radius 1 is 1.31 bits per heavy atom. The Kier molecular flexibility index (Phi) is 6.95.